The van der Waals surface area contributed by atoms with Gasteiger partial charge in [-0.15, -0.1) is 0 Å². The van der Waals surface area contributed by atoms with Crippen LogP contribution >= 0.6 is 0 Å². The number of sulfone groups is 1. The van der Waals surface area contributed by atoms with Gasteiger partial charge in [-0.05, 0) is 43.7 Å². The topological polar surface area (TPSA) is 81.1 Å². The largest absolute Gasteiger partial charge is 0.352 e. The van der Waals surface area contributed by atoms with Crippen LogP contribution in [-0.4, -0.2) is 36.2 Å². The van der Waals surface area contributed by atoms with E-state index in [1.807, 2.05) is 6.07 Å². The Morgan fingerprint density at radius 2 is 1.92 bits per heavy atom. The molecule has 1 saturated carbocycles. The summed E-state index contributed by atoms with van der Waals surface area (Å²) in [4.78, 5) is 16.6. The monoisotopic (exact) mass is 349 g/mol. The molecule has 1 heterocycles. The molecule has 1 aromatic carbocycles. The van der Waals surface area contributed by atoms with Crippen molar-refractivity contribution in [3.63, 3.8) is 0 Å². The molecule has 1 aliphatic carbocycles. The fraction of sp³-hybridized carbons (Fsp3) is 0.529. The molecule has 2 aromatic rings. The fourth-order valence-corrected chi connectivity index (χ4v) is 4.14. The van der Waals surface area contributed by atoms with Crippen LogP contribution in [0.1, 0.15) is 32.6 Å². The number of hydrogen-bond acceptors (Lipinski definition) is 4. The van der Waals surface area contributed by atoms with Crippen molar-refractivity contribution in [2.75, 3.05) is 6.26 Å². The van der Waals surface area contributed by atoms with E-state index >= 15 is 0 Å². The van der Waals surface area contributed by atoms with Crippen molar-refractivity contribution in [3.05, 3.63) is 24.3 Å². The van der Waals surface area contributed by atoms with Gasteiger partial charge >= 0.3 is 0 Å². The quantitative estimate of drug-likeness (QED) is 0.917. The predicted octanol–water partition coefficient (Wildman–Crippen LogP) is 2.13. The van der Waals surface area contributed by atoms with Gasteiger partial charge in [0.25, 0.3) is 0 Å². The number of nitrogens with zero attached hydrogens (tertiary/aromatic N) is 2. The second-order valence-electron chi connectivity index (χ2n) is 6.77. The first-order valence-corrected chi connectivity index (χ1v) is 10.2. The summed E-state index contributed by atoms with van der Waals surface area (Å²) in [7, 11) is -3.51. The highest BCUT2D eigenvalue weighted by molar-refractivity contribution is 7.90. The minimum Gasteiger partial charge on any atom is -0.352 e. The van der Waals surface area contributed by atoms with Crippen molar-refractivity contribution >= 4 is 26.8 Å². The van der Waals surface area contributed by atoms with Crippen molar-refractivity contribution in [1.82, 2.24) is 14.9 Å². The second kappa shape index (κ2) is 6.55. The Bertz CT molecular complexity index is 849. The summed E-state index contributed by atoms with van der Waals surface area (Å²) < 4.78 is 25.5. The number of benzene rings is 1. The van der Waals surface area contributed by atoms with Crippen molar-refractivity contribution in [3.8, 4) is 0 Å². The van der Waals surface area contributed by atoms with Gasteiger partial charge in [-0.2, -0.15) is 0 Å². The van der Waals surface area contributed by atoms with Crippen molar-refractivity contribution in [2.24, 2.45) is 5.92 Å². The molecule has 1 fully saturated rings. The molecule has 0 bridgehead atoms. The van der Waals surface area contributed by atoms with E-state index in [-0.39, 0.29) is 23.7 Å². The van der Waals surface area contributed by atoms with Crippen LogP contribution in [0.3, 0.4) is 0 Å². The lowest BCUT2D eigenvalue weighted by molar-refractivity contribution is -0.122. The Labute approximate surface area is 142 Å². The van der Waals surface area contributed by atoms with Gasteiger partial charge in [0.1, 0.15) is 6.54 Å². The highest BCUT2D eigenvalue weighted by Gasteiger charge is 2.23. The van der Waals surface area contributed by atoms with Gasteiger partial charge in [0, 0.05) is 12.3 Å². The lowest BCUT2D eigenvalue weighted by Gasteiger charge is -2.27. The number of carbonyl (C=O) groups excluding carboxylic acids is 1. The summed E-state index contributed by atoms with van der Waals surface area (Å²) in [6.07, 6.45) is 5.32. The van der Waals surface area contributed by atoms with E-state index in [1.54, 1.807) is 18.2 Å². The molecule has 0 radical (unpaired) electrons. The second-order valence-corrected chi connectivity index (χ2v) is 8.68. The molecule has 0 unspecified atom stereocenters. The first-order valence-electron chi connectivity index (χ1n) is 8.29. The average Bonchev–Trinajstić information content (AvgIpc) is 2.89. The van der Waals surface area contributed by atoms with Gasteiger partial charge in [-0.1, -0.05) is 19.1 Å². The molecule has 0 spiro atoms. The minimum atomic E-state index is -3.51. The van der Waals surface area contributed by atoms with E-state index in [0.717, 1.165) is 31.9 Å². The van der Waals surface area contributed by atoms with Crippen molar-refractivity contribution < 1.29 is 13.2 Å². The molecule has 24 heavy (non-hydrogen) atoms. The summed E-state index contributed by atoms with van der Waals surface area (Å²) in [6, 6.07) is 7.33. The first-order chi connectivity index (χ1) is 11.3. The predicted molar refractivity (Wildman–Crippen MR) is 92.4 cm³/mol. The third kappa shape index (κ3) is 3.61. The normalized spacial score (nSPS) is 21.8. The molecule has 6 nitrogen and oxygen atoms in total. The summed E-state index contributed by atoms with van der Waals surface area (Å²) in [5, 5.41) is 2.98. The van der Waals surface area contributed by atoms with Crippen LogP contribution in [0.2, 0.25) is 0 Å². The molecule has 1 amide bonds. The molecule has 1 aliphatic rings. The van der Waals surface area contributed by atoms with Gasteiger partial charge < -0.3 is 9.88 Å². The third-order valence-electron chi connectivity index (χ3n) is 4.63. The number of aromatic nitrogens is 2. The zero-order valence-corrected chi connectivity index (χ0v) is 14.8. The van der Waals surface area contributed by atoms with E-state index in [9.17, 15) is 13.2 Å². The minimum absolute atomic E-state index is 0.0328. The summed E-state index contributed by atoms with van der Waals surface area (Å²) in [5.41, 5.74) is 1.24. The van der Waals surface area contributed by atoms with Crippen LogP contribution in [0.5, 0.6) is 0 Å². The standard InChI is InChI=1S/C17H23N3O3S/c1-12-7-9-13(10-8-12)18-16(21)11-20-15-6-4-3-5-14(15)19-17(20)24(2,22)23/h3-6,12-13H,7-11H2,1-2H3,(H,18,21). The van der Waals surface area contributed by atoms with Crippen LogP contribution < -0.4 is 5.32 Å². The maximum absolute atomic E-state index is 12.4. The molecule has 0 aliphatic heterocycles. The SMILES string of the molecule is CC1CCC(NC(=O)Cn2c(S(C)(=O)=O)nc3ccccc32)CC1. The molecule has 7 heteroatoms. The van der Waals surface area contributed by atoms with E-state index in [0.29, 0.717) is 17.0 Å². The van der Waals surface area contributed by atoms with Crippen LogP contribution in [0.25, 0.3) is 11.0 Å². The third-order valence-corrected chi connectivity index (χ3v) is 5.61. The van der Waals surface area contributed by atoms with E-state index in [2.05, 4.69) is 17.2 Å². The first kappa shape index (κ1) is 17.0. The number of amides is 1. The maximum Gasteiger partial charge on any atom is 0.240 e. The molecule has 3 rings (SSSR count). The number of fused-ring (bicyclic) bond motifs is 1. The Balaban J connectivity index is 1.82. The number of imidazole rings is 1. The zero-order valence-electron chi connectivity index (χ0n) is 14.0. The Hall–Kier alpha value is -1.89. The lowest BCUT2D eigenvalue weighted by Crippen LogP contribution is -2.39. The van der Waals surface area contributed by atoms with Crippen LogP contribution in [0.4, 0.5) is 0 Å². The van der Waals surface area contributed by atoms with Gasteiger partial charge in [0.05, 0.1) is 11.0 Å². The van der Waals surface area contributed by atoms with Gasteiger partial charge in [-0.3, -0.25) is 4.79 Å². The molecule has 1 aromatic heterocycles. The summed E-state index contributed by atoms with van der Waals surface area (Å²) >= 11 is 0. The van der Waals surface area contributed by atoms with Crippen molar-refractivity contribution in [2.45, 2.75) is 50.4 Å². The smallest absolute Gasteiger partial charge is 0.240 e. The lowest BCUT2D eigenvalue weighted by atomic mass is 9.87. The van der Waals surface area contributed by atoms with Gasteiger partial charge in [0.2, 0.25) is 20.9 Å². The van der Waals surface area contributed by atoms with Crippen LogP contribution in [0.15, 0.2) is 29.4 Å². The van der Waals surface area contributed by atoms with Gasteiger partial charge in [-0.25, -0.2) is 13.4 Å². The number of para-hydroxylation sites is 2. The van der Waals surface area contributed by atoms with Gasteiger partial charge in [0.15, 0.2) is 0 Å². The Morgan fingerprint density at radius 3 is 2.58 bits per heavy atom. The van der Waals surface area contributed by atoms with E-state index < -0.39 is 9.84 Å². The highest BCUT2D eigenvalue weighted by atomic mass is 32.2. The summed E-state index contributed by atoms with van der Waals surface area (Å²) in [6.45, 7) is 2.20. The number of carbonyl (C=O) groups is 1. The van der Waals surface area contributed by atoms with Crippen molar-refractivity contribution in [1.29, 1.82) is 0 Å². The van der Waals surface area contributed by atoms with E-state index in [1.165, 1.54) is 4.57 Å². The highest BCUT2D eigenvalue weighted by Crippen LogP contribution is 2.24. The number of rotatable bonds is 4. The molecular weight excluding hydrogens is 326 g/mol. The molecule has 0 saturated heterocycles. The molecule has 0 atom stereocenters. The Morgan fingerprint density at radius 1 is 1.25 bits per heavy atom. The number of hydrogen-bond donors (Lipinski definition) is 1. The van der Waals surface area contributed by atoms with Crippen LogP contribution in [-0.2, 0) is 21.2 Å². The van der Waals surface area contributed by atoms with E-state index in [4.69, 9.17) is 0 Å². The number of nitrogens with one attached hydrogen (secondary N) is 1. The van der Waals surface area contributed by atoms with Crippen LogP contribution in [0, 0.1) is 5.92 Å². The fourth-order valence-electron chi connectivity index (χ4n) is 3.31. The molecular formula is C17H23N3O3S. The molecule has 1 N–H and O–H groups in total. The average molecular weight is 349 g/mol. The maximum atomic E-state index is 12.4. The Kier molecular flexibility index (Phi) is 4.62. The zero-order chi connectivity index (χ0) is 17.3. The molecule has 130 valence electrons. The summed E-state index contributed by atoms with van der Waals surface area (Å²) in [5.74, 6) is 0.551.